The predicted molar refractivity (Wildman–Crippen MR) is 89.1 cm³/mol. The highest BCUT2D eigenvalue weighted by Crippen LogP contribution is 2.27. The fraction of sp³-hybridized carbons (Fsp3) is 0.118. The lowest BCUT2D eigenvalue weighted by molar-refractivity contribution is -0.120. The number of carbonyl (C=O) groups is 2. The lowest BCUT2D eigenvalue weighted by Crippen LogP contribution is -2.34. The van der Waals surface area contributed by atoms with Crippen LogP contribution in [0.4, 0.5) is 4.39 Å². The molecule has 0 heterocycles. The molecule has 0 aliphatic rings. The molecule has 0 radical (unpaired) electrons. The summed E-state index contributed by atoms with van der Waals surface area (Å²) < 4.78 is 18.0. The van der Waals surface area contributed by atoms with Crippen LogP contribution in [0.2, 0.25) is 0 Å². The van der Waals surface area contributed by atoms with Crippen LogP contribution in [-0.4, -0.2) is 36.8 Å². The van der Waals surface area contributed by atoms with Gasteiger partial charge in [0.05, 0.1) is 19.9 Å². The molecule has 3 N–H and O–H groups in total. The Hall–Kier alpha value is -3.42. The summed E-state index contributed by atoms with van der Waals surface area (Å²) in [4.78, 5) is 23.4. The minimum absolute atomic E-state index is 0.109. The molecule has 2 aromatic carbocycles. The van der Waals surface area contributed by atoms with Crippen molar-refractivity contribution in [2.45, 2.75) is 0 Å². The average Bonchev–Trinajstić information content (AvgIpc) is 2.61. The number of benzene rings is 2. The maximum absolute atomic E-state index is 13.0. The number of halogens is 1. The topological polar surface area (TPSA) is 100 Å². The van der Waals surface area contributed by atoms with Gasteiger partial charge in [-0.25, -0.2) is 9.82 Å². The number of phenols is 1. The molecule has 0 aromatic heterocycles. The first-order valence-corrected chi connectivity index (χ1v) is 7.23. The number of phenolic OH excluding ortho intramolecular Hbond substituents is 1. The van der Waals surface area contributed by atoms with Crippen molar-refractivity contribution in [2.75, 3.05) is 13.7 Å². The van der Waals surface area contributed by atoms with Crippen molar-refractivity contribution in [3.05, 3.63) is 59.4 Å². The first-order valence-electron chi connectivity index (χ1n) is 7.23. The third-order valence-electron chi connectivity index (χ3n) is 3.14. The van der Waals surface area contributed by atoms with E-state index in [9.17, 15) is 19.1 Å². The summed E-state index contributed by atoms with van der Waals surface area (Å²) in [6.45, 7) is -0.337. The number of aromatic hydroxyl groups is 1. The molecule has 2 rings (SSSR count). The van der Waals surface area contributed by atoms with Crippen molar-refractivity contribution in [1.82, 2.24) is 10.7 Å². The number of rotatable bonds is 6. The summed E-state index contributed by atoms with van der Waals surface area (Å²) in [5.74, 6) is -1.53. The van der Waals surface area contributed by atoms with Gasteiger partial charge in [-0.3, -0.25) is 9.59 Å². The van der Waals surface area contributed by atoms with Gasteiger partial charge in [-0.15, -0.1) is 0 Å². The summed E-state index contributed by atoms with van der Waals surface area (Å²) >= 11 is 0. The standard InChI is InChI=1S/C17H16FN3O4/c1-25-14-7-3-5-12(16(14)23)9-20-21-15(22)10-19-17(24)11-4-2-6-13(18)8-11/h2-9,23H,10H2,1H3,(H,19,24)(H,21,22). The van der Waals surface area contributed by atoms with Gasteiger partial charge in [0.15, 0.2) is 11.5 Å². The molecule has 2 aromatic rings. The van der Waals surface area contributed by atoms with Gasteiger partial charge in [0.1, 0.15) is 5.82 Å². The maximum Gasteiger partial charge on any atom is 0.259 e. The smallest absolute Gasteiger partial charge is 0.259 e. The van der Waals surface area contributed by atoms with Crippen molar-refractivity contribution >= 4 is 18.0 Å². The number of nitrogens with one attached hydrogen (secondary N) is 2. The highest BCUT2D eigenvalue weighted by atomic mass is 19.1. The van der Waals surface area contributed by atoms with E-state index >= 15 is 0 Å². The van der Waals surface area contributed by atoms with Crippen LogP contribution in [0, 0.1) is 5.82 Å². The third kappa shape index (κ3) is 5.03. The minimum atomic E-state index is -0.580. The second-order valence-electron chi connectivity index (χ2n) is 4.88. The van der Waals surface area contributed by atoms with E-state index in [-0.39, 0.29) is 23.6 Å². The van der Waals surface area contributed by atoms with Crippen LogP contribution in [0.5, 0.6) is 11.5 Å². The van der Waals surface area contributed by atoms with Crippen LogP contribution < -0.4 is 15.5 Å². The summed E-state index contributed by atoms with van der Waals surface area (Å²) in [6, 6.07) is 9.92. The lowest BCUT2D eigenvalue weighted by atomic mass is 10.2. The van der Waals surface area contributed by atoms with Crippen molar-refractivity contribution in [3.8, 4) is 11.5 Å². The van der Waals surface area contributed by atoms with Crippen LogP contribution in [0.25, 0.3) is 0 Å². The molecular formula is C17H16FN3O4. The molecule has 0 aliphatic heterocycles. The van der Waals surface area contributed by atoms with E-state index in [4.69, 9.17) is 4.74 Å². The van der Waals surface area contributed by atoms with Gasteiger partial charge >= 0.3 is 0 Å². The minimum Gasteiger partial charge on any atom is -0.504 e. The number of ether oxygens (including phenoxy) is 1. The number of hydrogen-bond donors (Lipinski definition) is 3. The Balaban J connectivity index is 1.86. The van der Waals surface area contributed by atoms with Gasteiger partial charge in [-0.1, -0.05) is 12.1 Å². The van der Waals surface area contributed by atoms with Gasteiger partial charge < -0.3 is 15.2 Å². The van der Waals surface area contributed by atoms with E-state index in [1.54, 1.807) is 18.2 Å². The van der Waals surface area contributed by atoms with Gasteiger partial charge in [-0.2, -0.15) is 5.10 Å². The van der Waals surface area contributed by atoms with Crippen LogP contribution in [0.15, 0.2) is 47.6 Å². The molecule has 0 fully saturated rings. The molecule has 25 heavy (non-hydrogen) atoms. The molecule has 0 bridgehead atoms. The van der Waals surface area contributed by atoms with Gasteiger partial charge in [-0.05, 0) is 30.3 Å². The number of amides is 2. The van der Waals surface area contributed by atoms with Crippen LogP contribution in [0.1, 0.15) is 15.9 Å². The largest absolute Gasteiger partial charge is 0.504 e. The van der Waals surface area contributed by atoms with E-state index in [1.165, 1.54) is 31.5 Å². The molecule has 0 unspecified atom stereocenters. The Bertz CT molecular complexity index is 808. The number of hydrogen-bond acceptors (Lipinski definition) is 5. The summed E-state index contributed by atoms with van der Waals surface area (Å²) in [5, 5.41) is 15.9. The molecule has 0 saturated heterocycles. The SMILES string of the molecule is COc1cccc(C=NNC(=O)CNC(=O)c2cccc(F)c2)c1O. The van der Waals surface area contributed by atoms with Gasteiger partial charge in [0.25, 0.3) is 11.8 Å². The Morgan fingerprint density at radius 1 is 1.28 bits per heavy atom. The fourth-order valence-corrected chi connectivity index (χ4v) is 1.91. The van der Waals surface area contributed by atoms with Crippen LogP contribution >= 0.6 is 0 Å². The summed E-state index contributed by atoms with van der Waals surface area (Å²) in [6.07, 6.45) is 1.24. The molecule has 0 saturated carbocycles. The second kappa shape index (κ2) is 8.44. The first kappa shape index (κ1) is 17.9. The van der Waals surface area contributed by atoms with Gasteiger partial charge in [0, 0.05) is 11.1 Å². The second-order valence-corrected chi connectivity index (χ2v) is 4.88. The normalized spacial score (nSPS) is 10.5. The molecule has 0 spiro atoms. The highest BCUT2D eigenvalue weighted by molar-refractivity contribution is 5.96. The van der Waals surface area contributed by atoms with Crippen molar-refractivity contribution < 1.29 is 23.8 Å². The Morgan fingerprint density at radius 3 is 2.76 bits per heavy atom. The zero-order valence-corrected chi connectivity index (χ0v) is 13.3. The molecular weight excluding hydrogens is 329 g/mol. The average molecular weight is 345 g/mol. The van der Waals surface area contributed by atoms with E-state index in [1.807, 2.05) is 0 Å². The quantitative estimate of drug-likeness (QED) is 0.544. The van der Waals surface area contributed by atoms with Gasteiger partial charge in [0.2, 0.25) is 0 Å². The molecule has 130 valence electrons. The number of hydrazone groups is 1. The van der Waals surface area contributed by atoms with Crippen LogP contribution in [0.3, 0.4) is 0 Å². The van der Waals surface area contributed by atoms with E-state index in [2.05, 4.69) is 15.8 Å². The molecule has 8 heteroatoms. The molecule has 0 aliphatic carbocycles. The number of para-hydroxylation sites is 1. The Labute approximate surface area is 143 Å². The zero-order valence-electron chi connectivity index (χ0n) is 13.3. The van der Waals surface area contributed by atoms with Crippen LogP contribution in [-0.2, 0) is 4.79 Å². The summed E-state index contributed by atoms with van der Waals surface area (Å²) in [5.41, 5.74) is 2.66. The highest BCUT2D eigenvalue weighted by Gasteiger charge is 2.08. The Morgan fingerprint density at radius 2 is 2.04 bits per heavy atom. The fourth-order valence-electron chi connectivity index (χ4n) is 1.91. The number of nitrogens with zero attached hydrogens (tertiary/aromatic N) is 1. The van der Waals surface area contributed by atoms with E-state index in [0.717, 1.165) is 6.07 Å². The lowest BCUT2D eigenvalue weighted by Gasteiger charge is -2.05. The van der Waals surface area contributed by atoms with Crippen molar-refractivity contribution in [3.63, 3.8) is 0 Å². The van der Waals surface area contributed by atoms with Crippen molar-refractivity contribution in [2.24, 2.45) is 5.10 Å². The Kier molecular flexibility index (Phi) is 6.05. The maximum atomic E-state index is 13.0. The third-order valence-corrected chi connectivity index (χ3v) is 3.14. The van der Waals surface area contributed by atoms with E-state index < -0.39 is 17.6 Å². The monoisotopic (exact) mass is 345 g/mol. The molecule has 7 nitrogen and oxygen atoms in total. The molecule has 0 atom stereocenters. The zero-order chi connectivity index (χ0) is 18.2. The predicted octanol–water partition coefficient (Wildman–Crippen LogP) is 1.42. The number of carbonyl (C=O) groups excluding carboxylic acids is 2. The van der Waals surface area contributed by atoms with E-state index in [0.29, 0.717) is 5.56 Å². The first-order chi connectivity index (χ1) is 12.0. The molecule has 2 amide bonds. The van der Waals surface area contributed by atoms with Crippen molar-refractivity contribution in [1.29, 1.82) is 0 Å². The summed E-state index contributed by atoms with van der Waals surface area (Å²) in [7, 11) is 1.42. The number of methoxy groups -OCH3 is 1.